The zero-order valence-corrected chi connectivity index (χ0v) is 11.8. The molecule has 0 aliphatic carbocycles. The van der Waals surface area contributed by atoms with Crippen LogP contribution in [0.1, 0.15) is 54.3 Å². The highest BCUT2D eigenvalue weighted by Gasteiger charge is 2.21. The SMILES string of the molecule is CC(=O)c1sc(NC(C)CC(C)C)nc1C(=O)O. The van der Waals surface area contributed by atoms with Gasteiger partial charge in [-0.25, -0.2) is 9.78 Å². The molecule has 0 fully saturated rings. The van der Waals surface area contributed by atoms with Gasteiger partial charge in [-0.1, -0.05) is 25.2 Å². The molecule has 1 aromatic rings. The zero-order valence-electron chi connectivity index (χ0n) is 11.0. The summed E-state index contributed by atoms with van der Waals surface area (Å²) >= 11 is 1.10. The third kappa shape index (κ3) is 3.80. The highest BCUT2D eigenvalue weighted by atomic mass is 32.1. The van der Waals surface area contributed by atoms with Gasteiger partial charge in [-0.2, -0.15) is 0 Å². The van der Waals surface area contributed by atoms with E-state index in [0.29, 0.717) is 11.0 Å². The molecule has 0 aliphatic heterocycles. The van der Waals surface area contributed by atoms with Crippen LogP contribution in [-0.4, -0.2) is 27.9 Å². The monoisotopic (exact) mass is 270 g/mol. The van der Waals surface area contributed by atoms with Gasteiger partial charge in [0.25, 0.3) is 0 Å². The molecule has 0 aromatic carbocycles. The molecule has 1 atom stereocenters. The molecule has 1 heterocycles. The van der Waals surface area contributed by atoms with Crippen molar-refractivity contribution in [2.75, 3.05) is 5.32 Å². The highest BCUT2D eigenvalue weighted by Crippen LogP contribution is 2.25. The Morgan fingerprint density at radius 3 is 2.39 bits per heavy atom. The Hall–Kier alpha value is -1.43. The van der Waals surface area contributed by atoms with Gasteiger partial charge in [0.05, 0.1) is 0 Å². The molecule has 0 saturated heterocycles. The van der Waals surface area contributed by atoms with E-state index in [0.717, 1.165) is 17.8 Å². The van der Waals surface area contributed by atoms with E-state index in [9.17, 15) is 9.59 Å². The number of thiazole rings is 1. The van der Waals surface area contributed by atoms with Crippen LogP contribution in [0.15, 0.2) is 0 Å². The second-order valence-electron chi connectivity index (χ2n) is 4.73. The Labute approximate surface area is 110 Å². The molecule has 2 N–H and O–H groups in total. The van der Waals surface area contributed by atoms with E-state index in [-0.39, 0.29) is 22.4 Å². The van der Waals surface area contributed by atoms with Crippen molar-refractivity contribution in [1.29, 1.82) is 0 Å². The summed E-state index contributed by atoms with van der Waals surface area (Å²) in [5, 5.41) is 12.6. The van der Waals surface area contributed by atoms with Crippen LogP contribution in [0, 0.1) is 5.92 Å². The fourth-order valence-electron chi connectivity index (χ4n) is 1.74. The van der Waals surface area contributed by atoms with Gasteiger partial charge in [0.15, 0.2) is 16.6 Å². The number of hydrogen-bond donors (Lipinski definition) is 2. The first-order valence-corrected chi connectivity index (χ1v) is 6.64. The Kier molecular flexibility index (Phi) is 4.84. The van der Waals surface area contributed by atoms with E-state index >= 15 is 0 Å². The summed E-state index contributed by atoms with van der Waals surface area (Å²) in [5.74, 6) is -0.894. The molecule has 5 nitrogen and oxygen atoms in total. The van der Waals surface area contributed by atoms with Crippen molar-refractivity contribution >= 4 is 28.2 Å². The molecular formula is C12H18N2O3S. The number of carboxylic acids is 1. The molecule has 0 radical (unpaired) electrons. The molecule has 0 amide bonds. The summed E-state index contributed by atoms with van der Waals surface area (Å²) in [6, 6.07) is 0.192. The highest BCUT2D eigenvalue weighted by molar-refractivity contribution is 7.17. The third-order valence-electron chi connectivity index (χ3n) is 2.34. The van der Waals surface area contributed by atoms with Gasteiger partial charge < -0.3 is 10.4 Å². The normalized spacial score (nSPS) is 12.5. The Balaban J connectivity index is 2.88. The van der Waals surface area contributed by atoms with Crippen LogP contribution >= 0.6 is 11.3 Å². The Bertz CT molecular complexity index is 423. The summed E-state index contributed by atoms with van der Waals surface area (Å²) in [5.41, 5.74) is -0.160. The maximum absolute atomic E-state index is 11.3. The first kappa shape index (κ1) is 14.6. The lowest BCUT2D eigenvalue weighted by molar-refractivity contribution is 0.0687. The van der Waals surface area contributed by atoms with Crippen LogP contribution in [0.25, 0.3) is 0 Å². The minimum absolute atomic E-state index is 0.160. The zero-order chi connectivity index (χ0) is 13.9. The second kappa shape index (κ2) is 5.95. The third-order valence-corrected chi connectivity index (χ3v) is 3.43. The van der Waals surface area contributed by atoms with Crippen LogP contribution < -0.4 is 5.32 Å². The number of rotatable bonds is 6. The molecular weight excluding hydrogens is 252 g/mol. The van der Waals surface area contributed by atoms with E-state index in [1.54, 1.807) is 0 Å². The fourth-order valence-corrected chi connectivity index (χ4v) is 2.71. The van der Waals surface area contributed by atoms with Crippen molar-refractivity contribution < 1.29 is 14.7 Å². The molecule has 1 aromatic heterocycles. The number of ketones is 1. The summed E-state index contributed by atoms with van der Waals surface area (Å²) in [6.45, 7) is 7.59. The van der Waals surface area contributed by atoms with Gasteiger partial charge in [0.2, 0.25) is 0 Å². The molecule has 0 saturated carbocycles. The van der Waals surface area contributed by atoms with Crippen molar-refractivity contribution in [3.05, 3.63) is 10.6 Å². The van der Waals surface area contributed by atoms with Gasteiger partial charge in [-0.3, -0.25) is 4.79 Å². The number of Topliss-reactive ketones (excluding diaryl/α,β-unsaturated/α-hetero) is 1. The lowest BCUT2D eigenvalue weighted by Gasteiger charge is -2.14. The van der Waals surface area contributed by atoms with E-state index in [1.165, 1.54) is 6.92 Å². The maximum Gasteiger partial charge on any atom is 0.356 e. The number of anilines is 1. The molecule has 6 heteroatoms. The molecule has 100 valence electrons. The molecule has 0 bridgehead atoms. The number of carbonyl (C=O) groups is 2. The van der Waals surface area contributed by atoms with Crippen molar-refractivity contribution in [1.82, 2.24) is 4.98 Å². The lowest BCUT2D eigenvalue weighted by Crippen LogP contribution is -2.17. The van der Waals surface area contributed by atoms with Gasteiger partial charge in [0, 0.05) is 13.0 Å². The topological polar surface area (TPSA) is 79.3 Å². The van der Waals surface area contributed by atoms with Crippen molar-refractivity contribution in [2.24, 2.45) is 5.92 Å². The Morgan fingerprint density at radius 2 is 2.00 bits per heavy atom. The molecule has 1 unspecified atom stereocenters. The number of nitrogens with zero attached hydrogens (tertiary/aromatic N) is 1. The largest absolute Gasteiger partial charge is 0.476 e. The quantitative estimate of drug-likeness (QED) is 0.777. The van der Waals surface area contributed by atoms with E-state index in [4.69, 9.17) is 5.11 Å². The smallest absolute Gasteiger partial charge is 0.356 e. The number of carboxylic acid groups (broad SMARTS) is 1. The van der Waals surface area contributed by atoms with Crippen molar-refractivity contribution in [2.45, 2.75) is 40.2 Å². The first-order valence-electron chi connectivity index (χ1n) is 5.82. The van der Waals surface area contributed by atoms with Gasteiger partial charge in [-0.15, -0.1) is 0 Å². The molecule has 18 heavy (non-hydrogen) atoms. The number of carbonyl (C=O) groups excluding carboxylic acids is 1. The molecule has 1 rings (SSSR count). The molecule has 0 spiro atoms. The summed E-state index contributed by atoms with van der Waals surface area (Å²) in [7, 11) is 0. The average Bonchev–Trinajstić information content (AvgIpc) is 2.60. The minimum Gasteiger partial charge on any atom is -0.476 e. The van der Waals surface area contributed by atoms with E-state index < -0.39 is 5.97 Å². The van der Waals surface area contributed by atoms with Crippen LogP contribution in [0.3, 0.4) is 0 Å². The summed E-state index contributed by atoms with van der Waals surface area (Å²) < 4.78 is 0. The average molecular weight is 270 g/mol. The van der Waals surface area contributed by atoms with Gasteiger partial charge in [-0.05, 0) is 19.3 Å². The summed E-state index contributed by atoms with van der Waals surface area (Å²) in [6.07, 6.45) is 0.956. The van der Waals surface area contributed by atoms with Gasteiger partial charge in [0.1, 0.15) is 4.88 Å². The number of aromatic nitrogens is 1. The van der Waals surface area contributed by atoms with Crippen LogP contribution in [-0.2, 0) is 0 Å². The second-order valence-corrected chi connectivity index (χ2v) is 5.73. The number of nitrogens with one attached hydrogen (secondary N) is 1. The summed E-state index contributed by atoms with van der Waals surface area (Å²) in [4.78, 5) is 26.5. The maximum atomic E-state index is 11.3. The predicted molar refractivity (Wildman–Crippen MR) is 71.6 cm³/mol. The predicted octanol–water partition coefficient (Wildman–Crippen LogP) is 2.89. The number of hydrogen-bond acceptors (Lipinski definition) is 5. The van der Waals surface area contributed by atoms with Crippen molar-refractivity contribution in [3.8, 4) is 0 Å². The van der Waals surface area contributed by atoms with Gasteiger partial charge >= 0.3 is 5.97 Å². The van der Waals surface area contributed by atoms with Crippen LogP contribution in [0.4, 0.5) is 5.13 Å². The fraction of sp³-hybridized carbons (Fsp3) is 0.583. The lowest BCUT2D eigenvalue weighted by atomic mass is 10.1. The first-order chi connectivity index (χ1) is 8.31. The number of aromatic carboxylic acids is 1. The minimum atomic E-state index is -1.17. The van der Waals surface area contributed by atoms with Crippen LogP contribution in [0.5, 0.6) is 0 Å². The van der Waals surface area contributed by atoms with E-state index in [2.05, 4.69) is 24.1 Å². The van der Waals surface area contributed by atoms with Crippen LogP contribution in [0.2, 0.25) is 0 Å². The standard InChI is InChI=1S/C12H18N2O3S/c1-6(2)5-7(3)13-12-14-9(11(16)17)10(18-12)8(4)15/h6-7H,5H2,1-4H3,(H,13,14)(H,16,17). The Morgan fingerprint density at radius 1 is 1.39 bits per heavy atom. The van der Waals surface area contributed by atoms with Crippen molar-refractivity contribution in [3.63, 3.8) is 0 Å². The molecule has 0 aliphatic rings. The van der Waals surface area contributed by atoms with E-state index in [1.807, 2.05) is 6.92 Å².